The van der Waals surface area contributed by atoms with Gasteiger partial charge in [-0.25, -0.2) is 4.39 Å². The maximum absolute atomic E-state index is 13.4. The Morgan fingerprint density at radius 2 is 2.05 bits per heavy atom. The second-order valence-electron chi connectivity index (χ2n) is 4.62. The highest BCUT2D eigenvalue weighted by Crippen LogP contribution is 2.15. The molecule has 0 aromatic heterocycles. The minimum atomic E-state index is -0.372. The van der Waals surface area contributed by atoms with Gasteiger partial charge in [0.15, 0.2) is 0 Å². The van der Waals surface area contributed by atoms with Crippen molar-refractivity contribution >= 4 is 5.69 Å². The highest BCUT2D eigenvalue weighted by Gasteiger charge is 2.14. The van der Waals surface area contributed by atoms with Crippen LogP contribution >= 0.6 is 0 Å². The molecule has 1 aromatic rings. The first-order valence-electron chi connectivity index (χ1n) is 6.34. The first-order chi connectivity index (χ1) is 9.08. The van der Waals surface area contributed by atoms with E-state index in [1.165, 1.54) is 6.07 Å². The Morgan fingerprint density at radius 3 is 2.63 bits per heavy atom. The van der Waals surface area contributed by atoms with Gasteiger partial charge in [-0.3, -0.25) is 4.90 Å². The molecule has 0 spiro atoms. The third kappa shape index (κ3) is 5.14. The Morgan fingerprint density at radius 1 is 1.32 bits per heavy atom. The van der Waals surface area contributed by atoms with Crippen molar-refractivity contribution in [2.24, 2.45) is 0 Å². The zero-order valence-corrected chi connectivity index (χ0v) is 11.9. The average molecular weight is 270 g/mol. The van der Waals surface area contributed by atoms with Gasteiger partial charge in [0.2, 0.25) is 0 Å². The van der Waals surface area contributed by atoms with E-state index in [2.05, 4.69) is 11.8 Å². The van der Waals surface area contributed by atoms with E-state index < -0.39 is 0 Å². The van der Waals surface area contributed by atoms with Gasteiger partial charge in [-0.05, 0) is 24.6 Å². The lowest BCUT2D eigenvalue weighted by Crippen LogP contribution is -2.38. The van der Waals surface area contributed by atoms with Gasteiger partial charge in [-0.2, -0.15) is 0 Å². The topological polar surface area (TPSA) is 47.7 Å². The molecule has 0 heterocycles. The lowest BCUT2D eigenvalue weighted by atomic mass is 10.1. The van der Waals surface area contributed by atoms with Crippen molar-refractivity contribution in [2.75, 3.05) is 39.7 Å². The van der Waals surface area contributed by atoms with Crippen molar-refractivity contribution in [2.45, 2.75) is 19.5 Å². The van der Waals surface area contributed by atoms with Crippen molar-refractivity contribution in [1.82, 2.24) is 4.90 Å². The minimum Gasteiger partial charge on any atom is -0.396 e. The number of halogens is 1. The van der Waals surface area contributed by atoms with Crippen molar-refractivity contribution in [3.63, 3.8) is 0 Å². The van der Waals surface area contributed by atoms with Gasteiger partial charge in [-0.1, -0.05) is 6.07 Å². The summed E-state index contributed by atoms with van der Waals surface area (Å²) in [4.78, 5) is 2.19. The lowest BCUT2D eigenvalue weighted by molar-refractivity contribution is 0.0705. The van der Waals surface area contributed by atoms with Crippen LogP contribution in [0.5, 0.6) is 0 Å². The number of methoxy groups -OCH3 is 2. The summed E-state index contributed by atoms with van der Waals surface area (Å²) in [5.74, 6) is -0.372. The summed E-state index contributed by atoms with van der Waals surface area (Å²) in [5.41, 5.74) is 6.55. The second kappa shape index (κ2) is 8.09. The number of nitrogen functional groups attached to an aromatic ring is 1. The number of hydrogen-bond acceptors (Lipinski definition) is 4. The van der Waals surface area contributed by atoms with Gasteiger partial charge in [0.05, 0.1) is 18.9 Å². The van der Waals surface area contributed by atoms with E-state index in [9.17, 15) is 4.39 Å². The molecule has 19 heavy (non-hydrogen) atoms. The quantitative estimate of drug-likeness (QED) is 0.733. The van der Waals surface area contributed by atoms with E-state index in [0.29, 0.717) is 19.8 Å². The van der Waals surface area contributed by atoms with Gasteiger partial charge in [0.1, 0.15) is 5.82 Å². The van der Waals surface area contributed by atoms with E-state index >= 15 is 0 Å². The molecule has 0 radical (unpaired) electrons. The van der Waals surface area contributed by atoms with Gasteiger partial charge in [0.25, 0.3) is 0 Å². The lowest BCUT2D eigenvalue weighted by Gasteiger charge is -2.28. The smallest absolute Gasteiger partial charge is 0.146 e. The maximum Gasteiger partial charge on any atom is 0.146 e. The molecule has 0 saturated heterocycles. The molecule has 1 aromatic carbocycles. The number of nitrogens with zero attached hydrogens (tertiary/aromatic N) is 1. The molecule has 5 heteroatoms. The molecule has 2 N–H and O–H groups in total. The number of rotatable bonds is 8. The number of hydrogen-bond donors (Lipinski definition) is 1. The molecule has 0 saturated carbocycles. The van der Waals surface area contributed by atoms with Crippen LogP contribution in [-0.2, 0) is 16.0 Å². The molecule has 0 amide bonds. The van der Waals surface area contributed by atoms with E-state index in [1.807, 2.05) is 6.07 Å². The number of anilines is 1. The normalized spacial score (nSPS) is 12.9. The predicted molar refractivity (Wildman–Crippen MR) is 74.4 cm³/mol. The molecule has 108 valence electrons. The van der Waals surface area contributed by atoms with Gasteiger partial charge < -0.3 is 15.2 Å². The van der Waals surface area contributed by atoms with Crippen LogP contribution in [-0.4, -0.2) is 44.9 Å². The standard InChI is InChI=1S/C14H23FN2O2/c1-11(10-19-3)17(6-7-18-2)9-12-4-5-14(16)13(15)8-12/h4-5,8,11H,6-7,9-10,16H2,1-3H3. The highest BCUT2D eigenvalue weighted by atomic mass is 19.1. The largest absolute Gasteiger partial charge is 0.396 e. The summed E-state index contributed by atoms with van der Waals surface area (Å²) in [7, 11) is 3.34. The molecular formula is C14H23FN2O2. The molecule has 1 rings (SSSR count). The van der Waals surface area contributed by atoms with E-state index in [4.69, 9.17) is 15.2 Å². The fraction of sp³-hybridized carbons (Fsp3) is 0.571. The Balaban J connectivity index is 2.71. The number of nitrogens with two attached hydrogens (primary N) is 1. The fourth-order valence-corrected chi connectivity index (χ4v) is 1.91. The van der Waals surface area contributed by atoms with E-state index in [1.54, 1.807) is 20.3 Å². The summed E-state index contributed by atoms with van der Waals surface area (Å²) in [5, 5.41) is 0. The monoisotopic (exact) mass is 270 g/mol. The number of benzene rings is 1. The first kappa shape index (κ1) is 15.9. The van der Waals surface area contributed by atoms with Gasteiger partial charge >= 0.3 is 0 Å². The maximum atomic E-state index is 13.4. The second-order valence-corrected chi connectivity index (χ2v) is 4.62. The highest BCUT2D eigenvalue weighted by molar-refractivity contribution is 5.41. The van der Waals surface area contributed by atoms with Crippen molar-refractivity contribution in [3.8, 4) is 0 Å². The Labute approximate surface area is 114 Å². The molecule has 0 aliphatic carbocycles. The third-order valence-corrected chi connectivity index (χ3v) is 3.06. The van der Waals surface area contributed by atoms with Gasteiger partial charge in [-0.15, -0.1) is 0 Å². The predicted octanol–water partition coefficient (Wildman–Crippen LogP) is 1.89. The molecule has 4 nitrogen and oxygen atoms in total. The molecule has 1 atom stereocenters. The third-order valence-electron chi connectivity index (χ3n) is 3.06. The Hall–Kier alpha value is -1.17. The van der Waals surface area contributed by atoms with Crippen LogP contribution in [0.25, 0.3) is 0 Å². The molecule has 1 unspecified atom stereocenters. The molecule has 0 fully saturated rings. The summed E-state index contributed by atoms with van der Waals surface area (Å²) in [6.07, 6.45) is 0. The molecule has 0 aliphatic heterocycles. The zero-order valence-electron chi connectivity index (χ0n) is 11.9. The Kier molecular flexibility index (Phi) is 6.77. The molecule has 0 aliphatic rings. The molecule has 0 bridgehead atoms. The minimum absolute atomic E-state index is 0.178. The van der Waals surface area contributed by atoms with Crippen LogP contribution in [0.15, 0.2) is 18.2 Å². The van der Waals surface area contributed by atoms with Crippen molar-refractivity contribution in [1.29, 1.82) is 0 Å². The van der Waals surface area contributed by atoms with Crippen LogP contribution in [0.1, 0.15) is 12.5 Å². The summed E-state index contributed by atoms with van der Waals surface area (Å²) < 4.78 is 23.7. The number of ether oxygens (including phenoxy) is 2. The van der Waals surface area contributed by atoms with Crippen LogP contribution in [0, 0.1) is 5.82 Å². The molecular weight excluding hydrogens is 247 g/mol. The van der Waals surface area contributed by atoms with Crippen LogP contribution in [0.2, 0.25) is 0 Å². The fourth-order valence-electron chi connectivity index (χ4n) is 1.91. The van der Waals surface area contributed by atoms with Crippen LogP contribution in [0.4, 0.5) is 10.1 Å². The summed E-state index contributed by atoms with van der Waals surface area (Å²) >= 11 is 0. The Bertz CT molecular complexity index is 388. The summed E-state index contributed by atoms with van der Waals surface area (Å²) in [6, 6.07) is 5.16. The average Bonchev–Trinajstić information content (AvgIpc) is 2.39. The zero-order chi connectivity index (χ0) is 14.3. The van der Waals surface area contributed by atoms with Crippen LogP contribution < -0.4 is 5.73 Å². The first-order valence-corrected chi connectivity index (χ1v) is 6.34. The van der Waals surface area contributed by atoms with E-state index in [-0.39, 0.29) is 17.5 Å². The SMILES string of the molecule is COCCN(Cc1ccc(N)c(F)c1)C(C)COC. The van der Waals surface area contributed by atoms with Gasteiger partial charge in [0, 0.05) is 33.4 Å². The van der Waals surface area contributed by atoms with Crippen molar-refractivity contribution in [3.05, 3.63) is 29.6 Å². The van der Waals surface area contributed by atoms with Crippen LogP contribution in [0.3, 0.4) is 0 Å². The van der Waals surface area contributed by atoms with Crippen molar-refractivity contribution < 1.29 is 13.9 Å². The summed E-state index contributed by atoms with van der Waals surface area (Å²) in [6.45, 7) is 4.75. The van der Waals surface area contributed by atoms with E-state index in [0.717, 1.165) is 12.1 Å².